The first kappa shape index (κ1) is 20.6. The Hall–Kier alpha value is -3.14. The Labute approximate surface area is 173 Å². The molecule has 0 radical (unpaired) electrons. The average molecular weight is 392 g/mol. The summed E-state index contributed by atoms with van der Waals surface area (Å²) in [4.78, 5) is 0. The summed E-state index contributed by atoms with van der Waals surface area (Å²) in [6.45, 7) is 6.59. The van der Waals surface area contributed by atoms with Crippen LogP contribution < -0.4 is 19.5 Å². The lowest BCUT2D eigenvalue weighted by molar-refractivity contribution is 0.217. The largest absolute Gasteiger partial charge is 0.491 e. The first-order valence-electron chi connectivity index (χ1n) is 10.1. The SMILES string of the molecule is CC(C)c1ccccc1OCCNc1ccccc1OCCOc1ccccc1. The molecule has 1 N–H and O–H groups in total. The van der Waals surface area contributed by atoms with Gasteiger partial charge in [0.15, 0.2) is 0 Å². The van der Waals surface area contributed by atoms with Gasteiger partial charge in [0.1, 0.15) is 37.1 Å². The van der Waals surface area contributed by atoms with Gasteiger partial charge in [0.2, 0.25) is 0 Å². The van der Waals surface area contributed by atoms with Crippen molar-refractivity contribution in [3.8, 4) is 17.2 Å². The molecule has 0 aliphatic heterocycles. The van der Waals surface area contributed by atoms with Crippen molar-refractivity contribution in [1.29, 1.82) is 0 Å². The van der Waals surface area contributed by atoms with E-state index in [-0.39, 0.29) is 0 Å². The van der Waals surface area contributed by atoms with Gasteiger partial charge in [-0.3, -0.25) is 0 Å². The van der Waals surface area contributed by atoms with Gasteiger partial charge >= 0.3 is 0 Å². The predicted octanol–water partition coefficient (Wildman–Crippen LogP) is 5.76. The number of rotatable bonds is 11. The molecular formula is C25H29NO3. The molecule has 4 nitrogen and oxygen atoms in total. The fourth-order valence-electron chi connectivity index (χ4n) is 3.00. The molecule has 29 heavy (non-hydrogen) atoms. The lowest BCUT2D eigenvalue weighted by atomic mass is 10.0. The number of ether oxygens (including phenoxy) is 3. The number of hydrogen-bond acceptors (Lipinski definition) is 4. The maximum absolute atomic E-state index is 5.98. The molecule has 0 aliphatic carbocycles. The highest BCUT2D eigenvalue weighted by Gasteiger charge is 2.07. The third-order valence-electron chi connectivity index (χ3n) is 4.46. The molecule has 0 aliphatic rings. The zero-order valence-corrected chi connectivity index (χ0v) is 17.1. The lowest BCUT2D eigenvalue weighted by Gasteiger charge is -2.16. The molecule has 0 bridgehead atoms. The third kappa shape index (κ3) is 6.46. The van der Waals surface area contributed by atoms with Crippen LogP contribution in [-0.2, 0) is 0 Å². The molecule has 4 heteroatoms. The van der Waals surface area contributed by atoms with Crippen molar-refractivity contribution in [2.24, 2.45) is 0 Å². The molecule has 0 saturated carbocycles. The van der Waals surface area contributed by atoms with Crippen molar-refractivity contribution in [1.82, 2.24) is 0 Å². The Morgan fingerprint density at radius 2 is 1.28 bits per heavy atom. The van der Waals surface area contributed by atoms with Crippen LogP contribution in [0.25, 0.3) is 0 Å². The molecule has 3 aromatic rings. The minimum Gasteiger partial charge on any atom is -0.491 e. The van der Waals surface area contributed by atoms with Crippen molar-refractivity contribution in [3.05, 3.63) is 84.4 Å². The number of anilines is 1. The summed E-state index contributed by atoms with van der Waals surface area (Å²) >= 11 is 0. The highest BCUT2D eigenvalue weighted by Crippen LogP contribution is 2.26. The van der Waals surface area contributed by atoms with Crippen LogP contribution >= 0.6 is 0 Å². The molecule has 0 saturated heterocycles. The van der Waals surface area contributed by atoms with E-state index in [1.165, 1.54) is 5.56 Å². The summed E-state index contributed by atoms with van der Waals surface area (Å²) in [7, 11) is 0. The molecule has 0 heterocycles. The van der Waals surface area contributed by atoms with Gasteiger partial charge in [-0.1, -0.05) is 62.4 Å². The standard InChI is InChI=1S/C25H29NO3/c1-20(2)22-12-6-8-14-24(22)28-17-16-26-23-13-7-9-15-25(23)29-19-18-27-21-10-4-3-5-11-21/h3-15,20,26H,16-19H2,1-2H3. The first-order valence-corrected chi connectivity index (χ1v) is 10.1. The fourth-order valence-corrected chi connectivity index (χ4v) is 3.00. The minimum absolute atomic E-state index is 0.436. The number of hydrogen-bond donors (Lipinski definition) is 1. The van der Waals surface area contributed by atoms with E-state index in [4.69, 9.17) is 14.2 Å². The number of para-hydroxylation sites is 4. The van der Waals surface area contributed by atoms with Crippen LogP contribution in [0.5, 0.6) is 17.2 Å². The van der Waals surface area contributed by atoms with Gasteiger partial charge in [-0.05, 0) is 41.8 Å². The van der Waals surface area contributed by atoms with Crippen LogP contribution in [0.15, 0.2) is 78.9 Å². The highest BCUT2D eigenvalue weighted by molar-refractivity contribution is 5.56. The molecule has 0 aromatic heterocycles. The Bertz CT molecular complexity index is 865. The maximum Gasteiger partial charge on any atom is 0.142 e. The van der Waals surface area contributed by atoms with Gasteiger partial charge in [0, 0.05) is 6.54 Å². The van der Waals surface area contributed by atoms with Gasteiger partial charge in [-0.15, -0.1) is 0 Å². The van der Waals surface area contributed by atoms with E-state index in [2.05, 4.69) is 31.3 Å². The highest BCUT2D eigenvalue weighted by atomic mass is 16.5. The molecule has 0 amide bonds. The summed E-state index contributed by atoms with van der Waals surface area (Å²) in [5.74, 6) is 3.05. The molecule has 3 aromatic carbocycles. The molecule has 0 unspecified atom stereocenters. The van der Waals surface area contributed by atoms with Gasteiger partial charge in [-0.2, -0.15) is 0 Å². The predicted molar refractivity (Wildman–Crippen MR) is 118 cm³/mol. The van der Waals surface area contributed by atoms with Crippen molar-refractivity contribution in [3.63, 3.8) is 0 Å². The smallest absolute Gasteiger partial charge is 0.142 e. The normalized spacial score (nSPS) is 10.6. The summed E-state index contributed by atoms with van der Waals surface area (Å²) < 4.78 is 17.6. The second-order valence-corrected chi connectivity index (χ2v) is 6.97. The van der Waals surface area contributed by atoms with Crippen LogP contribution in [-0.4, -0.2) is 26.4 Å². The van der Waals surface area contributed by atoms with E-state index >= 15 is 0 Å². The number of nitrogens with one attached hydrogen (secondary N) is 1. The number of benzene rings is 3. The van der Waals surface area contributed by atoms with Gasteiger partial charge in [0.25, 0.3) is 0 Å². The zero-order chi connectivity index (χ0) is 20.3. The monoisotopic (exact) mass is 391 g/mol. The van der Waals surface area contributed by atoms with E-state index in [0.29, 0.717) is 32.3 Å². The Morgan fingerprint density at radius 3 is 2.07 bits per heavy atom. The zero-order valence-electron chi connectivity index (χ0n) is 17.1. The topological polar surface area (TPSA) is 39.7 Å². The Balaban J connectivity index is 1.44. The van der Waals surface area contributed by atoms with Crippen molar-refractivity contribution in [2.75, 3.05) is 31.7 Å². The van der Waals surface area contributed by atoms with E-state index in [1.807, 2.05) is 66.7 Å². The molecule has 0 atom stereocenters. The Morgan fingerprint density at radius 1 is 0.655 bits per heavy atom. The molecule has 0 spiro atoms. The average Bonchev–Trinajstić information content (AvgIpc) is 2.76. The minimum atomic E-state index is 0.436. The molecule has 0 fully saturated rings. The van der Waals surface area contributed by atoms with Crippen LogP contribution in [0.4, 0.5) is 5.69 Å². The molecule has 3 rings (SSSR count). The quantitative estimate of drug-likeness (QED) is 0.422. The molecule has 152 valence electrons. The third-order valence-corrected chi connectivity index (χ3v) is 4.46. The summed E-state index contributed by atoms with van der Waals surface area (Å²) in [5.41, 5.74) is 2.18. The fraction of sp³-hybridized carbons (Fsp3) is 0.280. The second kappa shape index (κ2) is 11.0. The van der Waals surface area contributed by atoms with E-state index in [9.17, 15) is 0 Å². The summed E-state index contributed by atoms with van der Waals surface area (Å²) in [6.07, 6.45) is 0. The van der Waals surface area contributed by atoms with Crippen LogP contribution in [0, 0.1) is 0 Å². The van der Waals surface area contributed by atoms with Gasteiger partial charge in [-0.25, -0.2) is 0 Å². The molecular weight excluding hydrogens is 362 g/mol. The van der Waals surface area contributed by atoms with E-state index < -0.39 is 0 Å². The summed E-state index contributed by atoms with van der Waals surface area (Å²) in [6, 6.07) is 25.9. The van der Waals surface area contributed by atoms with Crippen LogP contribution in [0.3, 0.4) is 0 Å². The van der Waals surface area contributed by atoms with E-state index in [0.717, 1.165) is 22.9 Å². The Kier molecular flexibility index (Phi) is 7.81. The van der Waals surface area contributed by atoms with E-state index in [1.54, 1.807) is 0 Å². The lowest BCUT2D eigenvalue weighted by Crippen LogP contribution is -2.14. The van der Waals surface area contributed by atoms with Crippen molar-refractivity contribution < 1.29 is 14.2 Å². The van der Waals surface area contributed by atoms with Crippen LogP contribution in [0.1, 0.15) is 25.3 Å². The van der Waals surface area contributed by atoms with Gasteiger partial charge in [0.05, 0.1) is 5.69 Å². The second-order valence-electron chi connectivity index (χ2n) is 6.97. The summed E-state index contributed by atoms with van der Waals surface area (Å²) in [5, 5.41) is 3.40. The first-order chi connectivity index (χ1) is 14.2. The van der Waals surface area contributed by atoms with Crippen molar-refractivity contribution in [2.45, 2.75) is 19.8 Å². The van der Waals surface area contributed by atoms with Crippen molar-refractivity contribution >= 4 is 5.69 Å². The van der Waals surface area contributed by atoms with Gasteiger partial charge < -0.3 is 19.5 Å². The van der Waals surface area contributed by atoms with Crippen LogP contribution in [0.2, 0.25) is 0 Å². The maximum atomic E-state index is 5.98.